The Balaban J connectivity index is 1.42. The summed E-state index contributed by atoms with van der Waals surface area (Å²) in [6, 6.07) is 8.12. The molecule has 1 aliphatic carbocycles. The zero-order chi connectivity index (χ0) is 19.6. The van der Waals surface area contributed by atoms with Crippen molar-refractivity contribution in [1.29, 1.82) is 0 Å². The minimum atomic E-state index is -0.804. The van der Waals surface area contributed by atoms with Gasteiger partial charge in [-0.05, 0) is 69.8 Å². The van der Waals surface area contributed by atoms with E-state index >= 15 is 0 Å². The normalized spacial score (nSPS) is 24.4. The van der Waals surface area contributed by atoms with E-state index in [0.717, 1.165) is 59.7 Å². The van der Waals surface area contributed by atoms with E-state index in [2.05, 4.69) is 4.90 Å². The van der Waals surface area contributed by atoms with Gasteiger partial charge >= 0.3 is 0 Å². The number of hydrogen-bond donors (Lipinski definition) is 1. The second kappa shape index (κ2) is 8.70. The van der Waals surface area contributed by atoms with Crippen LogP contribution in [0.3, 0.4) is 0 Å². The molecule has 1 aromatic heterocycles. The van der Waals surface area contributed by atoms with Crippen molar-refractivity contribution in [2.24, 2.45) is 0 Å². The van der Waals surface area contributed by atoms with Crippen LogP contribution in [-0.2, 0) is 12.2 Å². The first-order chi connectivity index (χ1) is 13.5. The highest BCUT2D eigenvalue weighted by molar-refractivity contribution is 7.11. The Kier molecular flexibility index (Phi) is 6.26. The topological polar surface area (TPSA) is 45.6 Å². The number of hydrogen-bond acceptors (Lipinski definition) is 5. The van der Waals surface area contributed by atoms with E-state index in [1.165, 1.54) is 25.7 Å². The number of ether oxygens (including phenoxy) is 1. The standard InChI is InChI=1S/C22H29ClN2O2S/c1-16-20(15-27-19-9-7-17(23)8-10-19)28-21(24-16)22(26)11-4-13-25(14-12-22)18-5-2-3-6-18/h7-10,18,26H,2-6,11-15H2,1H3/t22-/m0/s1. The number of benzene rings is 1. The van der Waals surface area contributed by atoms with Crippen molar-refractivity contribution in [1.82, 2.24) is 9.88 Å². The van der Waals surface area contributed by atoms with Gasteiger partial charge in [-0.25, -0.2) is 4.98 Å². The van der Waals surface area contributed by atoms with Gasteiger partial charge in [0.25, 0.3) is 0 Å². The van der Waals surface area contributed by atoms with Crippen molar-refractivity contribution >= 4 is 22.9 Å². The lowest BCUT2D eigenvalue weighted by Crippen LogP contribution is -2.35. The highest BCUT2D eigenvalue weighted by atomic mass is 35.5. The maximum Gasteiger partial charge on any atom is 0.125 e. The SMILES string of the molecule is Cc1nc([C@]2(O)CCCN(C3CCCC3)CC2)sc1COc1ccc(Cl)cc1. The lowest BCUT2D eigenvalue weighted by Gasteiger charge is -2.28. The Labute approximate surface area is 176 Å². The number of likely N-dealkylation sites (tertiary alicyclic amines) is 1. The molecule has 28 heavy (non-hydrogen) atoms. The van der Waals surface area contributed by atoms with Gasteiger partial charge in [0.05, 0.1) is 10.6 Å². The maximum atomic E-state index is 11.4. The van der Waals surface area contributed by atoms with Crippen LogP contribution in [0.1, 0.15) is 60.5 Å². The molecule has 6 heteroatoms. The summed E-state index contributed by atoms with van der Waals surface area (Å²) in [5.74, 6) is 0.791. The van der Waals surface area contributed by atoms with Gasteiger partial charge in [-0.2, -0.15) is 0 Å². The van der Waals surface area contributed by atoms with Crippen LogP contribution in [0, 0.1) is 6.92 Å². The second-order valence-electron chi connectivity index (χ2n) is 8.13. The number of aromatic nitrogens is 1. The Bertz CT molecular complexity index is 788. The van der Waals surface area contributed by atoms with Crippen LogP contribution >= 0.6 is 22.9 Å². The van der Waals surface area contributed by atoms with Crippen molar-refractivity contribution in [3.63, 3.8) is 0 Å². The smallest absolute Gasteiger partial charge is 0.125 e. The molecule has 0 bridgehead atoms. The molecule has 2 aromatic rings. The van der Waals surface area contributed by atoms with E-state index in [9.17, 15) is 5.11 Å². The summed E-state index contributed by atoms with van der Waals surface area (Å²) < 4.78 is 5.89. The van der Waals surface area contributed by atoms with Crippen LogP contribution in [-0.4, -0.2) is 34.1 Å². The van der Waals surface area contributed by atoms with Gasteiger partial charge in [-0.1, -0.05) is 24.4 Å². The predicted octanol–water partition coefficient (Wildman–Crippen LogP) is 5.30. The molecule has 4 rings (SSSR count). The molecular formula is C22H29ClN2O2S. The third-order valence-corrected chi connectivity index (χ3v) is 7.74. The average Bonchev–Trinajstić information content (AvgIpc) is 3.30. The Morgan fingerprint density at radius 3 is 2.68 bits per heavy atom. The quantitative estimate of drug-likeness (QED) is 0.712. The van der Waals surface area contributed by atoms with E-state index in [1.807, 2.05) is 31.2 Å². The third kappa shape index (κ3) is 4.54. The predicted molar refractivity (Wildman–Crippen MR) is 114 cm³/mol. The van der Waals surface area contributed by atoms with Crippen LogP contribution in [0.25, 0.3) is 0 Å². The number of nitrogens with zero attached hydrogens (tertiary/aromatic N) is 2. The number of rotatable bonds is 5. The molecule has 1 atom stereocenters. The third-order valence-electron chi connectivity index (χ3n) is 6.16. The Hall–Kier alpha value is -1.14. The highest BCUT2D eigenvalue weighted by Crippen LogP contribution is 2.38. The van der Waals surface area contributed by atoms with Gasteiger partial charge in [0, 0.05) is 17.6 Å². The fraction of sp³-hybridized carbons (Fsp3) is 0.591. The summed E-state index contributed by atoms with van der Waals surface area (Å²) in [5, 5.41) is 13.0. The fourth-order valence-corrected chi connectivity index (χ4v) is 5.68. The van der Waals surface area contributed by atoms with Crippen molar-refractivity contribution < 1.29 is 9.84 Å². The van der Waals surface area contributed by atoms with Crippen LogP contribution in [0.5, 0.6) is 5.75 Å². The molecule has 2 aliphatic rings. The monoisotopic (exact) mass is 420 g/mol. The minimum absolute atomic E-state index is 0.468. The molecule has 0 radical (unpaired) electrons. The van der Waals surface area contributed by atoms with Crippen molar-refractivity contribution in [2.45, 2.75) is 70.1 Å². The molecule has 2 fully saturated rings. The van der Waals surface area contributed by atoms with Crippen LogP contribution in [0.15, 0.2) is 24.3 Å². The molecule has 1 aromatic carbocycles. The van der Waals surface area contributed by atoms with Gasteiger partial charge in [0.2, 0.25) is 0 Å². The lowest BCUT2D eigenvalue weighted by atomic mass is 9.96. The first kappa shape index (κ1) is 20.1. The lowest BCUT2D eigenvalue weighted by molar-refractivity contribution is 0.0196. The van der Waals surface area contributed by atoms with Crippen LogP contribution in [0.4, 0.5) is 0 Å². The summed E-state index contributed by atoms with van der Waals surface area (Å²) in [7, 11) is 0. The Morgan fingerprint density at radius 2 is 1.93 bits per heavy atom. The van der Waals surface area contributed by atoms with Gasteiger partial charge in [0.15, 0.2) is 0 Å². The molecule has 1 N–H and O–H groups in total. The van der Waals surface area contributed by atoms with Crippen molar-refractivity contribution in [3.8, 4) is 5.75 Å². The number of halogens is 1. The van der Waals surface area contributed by atoms with Crippen molar-refractivity contribution in [3.05, 3.63) is 44.9 Å². The number of aryl methyl sites for hydroxylation is 1. The largest absolute Gasteiger partial charge is 0.488 e. The first-order valence-corrected chi connectivity index (χ1v) is 11.5. The summed E-state index contributed by atoms with van der Waals surface area (Å²) in [4.78, 5) is 8.43. The van der Waals surface area contributed by atoms with Crippen LogP contribution < -0.4 is 4.74 Å². The molecule has 1 saturated carbocycles. The summed E-state index contributed by atoms with van der Waals surface area (Å²) >= 11 is 7.53. The number of aliphatic hydroxyl groups is 1. The maximum absolute atomic E-state index is 11.4. The zero-order valence-electron chi connectivity index (χ0n) is 16.5. The summed E-state index contributed by atoms with van der Waals surface area (Å²) in [5.41, 5.74) is 0.153. The molecule has 1 saturated heterocycles. The van der Waals surface area contributed by atoms with Gasteiger partial charge in [-0.15, -0.1) is 11.3 Å². The minimum Gasteiger partial charge on any atom is -0.488 e. The summed E-state index contributed by atoms with van der Waals surface area (Å²) in [6.45, 7) is 4.54. The van der Waals surface area contributed by atoms with E-state index in [1.54, 1.807) is 11.3 Å². The van der Waals surface area contributed by atoms with E-state index in [-0.39, 0.29) is 0 Å². The van der Waals surface area contributed by atoms with Gasteiger partial charge < -0.3 is 14.7 Å². The number of thiazole rings is 1. The fourth-order valence-electron chi connectivity index (χ4n) is 4.43. The molecule has 0 unspecified atom stereocenters. The van der Waals surface area contributed by atoms with Gasteiger partial charge in [0.1, 0.15) is 23.0 Å². The second-order valence-corrected chi connectivity index (χ2v) is 9.65. The molecular weight excluding hydrogens is 392 g/mol. The van der Waals surface area contributed by atoms with E-state index < -0.39 is 5.60 Å². The summed E-state index contributed by atoms with van der Waals surface area (Å²) in [6.07, 6.45) is 7.95. The van der Waals surface area contributed by atoms with E-state index in [4.69, 9.17) is 21.3 Å². The molecule has 1 aliphatic heterocycles. The highest BCUT2D eigenvalue weighted by Gasteiger charge is 2.37. The van der Waals surface area contributed by atoms with E-state index in [0.29, 0.717) is 11.6 Å². The molecule has 152 valence electrons. The van der Waals surface area contributed by atoms with Crippen molar-refractivity contribution in [2.75, 3.05) is 13.1 Å². The molecule has 4 nitrogen and oxygen atoms in total. The van der Waals surface area contributed by atoms with Gasteiger partial charge in [-0.3, -0.25) is 0 Å². The Morgan fingerprint density at radius 1 is 1.18 bits per heavy atom. The molecule has 2 heterocycles. The molecule has 0 amide bonds. The zero-order valence-corrected chi connectivity index (χ0v) is 18.1. The van der Waals surface area contributed by atoms with Crippen LogP contribution in [0.2, 0.25) is 5.02 Å². The molecule has 0 spiro atoms. The average molecular weight is 421 g/mol. The first-order valence-electron chi connectivity index (χ1n) is 10.4.